The first-order valence-corrected chi connectivity index (χ1v) is 13.0. The maximum absolute atomic E-state index is 12.3. The van der Waals surface area contributed by atoms with Crippen LogP contribution in [0.2, 0.25) is 30.1 Å². The standard InChI is InChI=1S/C20H6Cl6I2O5/c21-10-8(9(20(31)32)11(22)13(24)12(10)23)7-3-1-5(27)16(29)14(25)18(3)33-19-4(7)2-6(28)17(30)15(19)26/h1-2,7,29-30H,(H,31,32). The average molecular weight is 793 g/mol. The summed E-state index contributed by atoms with van der Waals surface area (Å²) in [7, 11) is 0. The Bertz CT molecular complexity index is 1330. The minimum absolute atomic E-state index is 0.00388. The summed E-state index contributed by atoms with van der Waals surface area (Å²) >= 11 is 41.8. The number of phenols is 2. The molecule has 33 heavy (non-hydrogen) atoms. The molecule has 0 fully saturated rings. The van der Waals surface area contributed by atoms with Crippen LogP contribution in [-0.2, 0) is 0 Å². The molecule has 0 saturated heterocycles. The van der Waals surface area contributed by atoms with Gasteiger partial charge in [0.1, 0.15) is 10.0 Å². The van der Waals surface area contributed by atoms with Crippen molar-refractivity contribution in [1.29, 1.82) is 0 Å². The van der Waals surface area contributed by atoms with Crippen LogP contribution in [0.15, 0.2) is 12.1 Å². The van der Waals surface area contributed by atoms with Gasteiger partial charge in [0.05, 0.1) is 32.8 Å². The normalized spacial score (nSPS) is 12.8. The van der Waals surface area contributed by atoms with Crippen molar-refractivity contribution >= 4 is 121 Å². The predicted octanol–water partition coefficient (Wildman–Crippen LogP) is 9.21. The quantitative estimate of drug-likeness (QED) is 0.107. The summed E-state index contributed by atoms with van der Waals surface area (Å²) in [5.41, 5.74) is 0.375. The van der Waals surface area contributed by atoms with Gasteiger partial charge in [0.15, 0.2) is 23.0 Å². The molecule has 0 aromatic heterocycles. The van der Waals surface area contributed by atoms with Crippen molar-refractivity contribution in [3.63, 3.8) is 0 Å². The topological polar surface area (TPSA) is 87.0 Å². The molecule has 1 heterocycles. The Morgan fingerprint density at radius 1 is 0.758 bits per heavy atom. The fourth-order valence-corrected chi connectivity index (χ4v) is 6.65. The molecule has 4 rings (SSSR count). The van der Waals surface area contributed by atoms with Gasteiger partial charge in [-0.15, -0.1) is 0 Å². The number of ether oxygens (including phenoxy) is 1. The fraction of sp³-hybridized carbons (Fsp3) is 0.0500. The van der Waals surface area contributed by atoms with Gasteiger partial charge in [-0.3, -0.25) is 0 Å². The molecule has 5 nitrogen and oxygen atoms in total. The van der Waals surface area contributed by atoms with Gasteiger partial charge in [0, 0.05) is 22.6 Å². The van der Waals surface area contributed by atoms with Crippen LogP contribution in [-0.4, -0.2) is 21.3 Å². The summed E-state index contributed by atoms with van der Waals surface area (Å²) in [6, 6.07) is 3.13. The van der Waals surface area contributed by atoms with Crippen LogP contribution in [0.3, 0.4) is 0 Å². The Morgan fingerprint density at radius 2 is 1.18 bits per heavy atom. The van der Waals surface area contributed by atoms with Crippen molar-refractivity contribution in [1.82, 2.24) is 0 Å². The van der Waals surface area contributed by atoms with Crippen LogP contribution in [0.4, 0.5) is 0 Å². The molecule has 1 aliphatic rings. The van der Waals surface area contributed by atoms with Gasteiger partial charge in [-0.1, -0.05) is 69.6 Å². The molecule has 0 spiro atoms. The number of rotatable bonds is 2. The lowest BCUT2D eigenvalue weighted by atomic mass is 9.80. The van der Waals surface area contributed by atoms with E-state index in [1.807, 2.05) is 45.2 Å². The number of fused-ring (bicyclic) bond motifs is 2. The SMILES string of the molecule is O=C(O)c1c(Cl)c(Cl)c(Cl)c(Cl)c1C1c2cc(I)c(O)c(Cl)c2Oc2c1cc(I)c(O)c2Cl. The highest BCUT2D eigenvalue weighted by atomic mass is 127. The van der Waals surface area contributed by atoms with Gasteiger partial charge in [-0.2, -0.15) is 0 Å². The van der Waals surface area contributed by atoms with Gasteiger partial charge < -0.3 is 20.1 Å². The van der Waals surface area contributed by atoms with E-state index < -0.39 is 11.9 Å². The highest BCUT2D eigenvalue weighted by Crippen LogP contribution is 2.59. The zero-order chi connectivity index (χ0) is 24.5. The molecule has 0 aliphatic carbocycles. The minimum atomic E-state index is -1.40. The molecular weight excluding hydrogens is 787 g/mol. The number of halogens is 8. The summed E-state index contributed by atoms with van der Waals surface area (Å²) in [5, 5.41) is 29.7. The number of hydrogen-bond acceptors (Lipinski definition) is 4. The van der Waals surface area contributed by atoms with Crippen LogP contribution in [0.5, 0.6) is 23.0 Å². The van der Waals surface area contributed by atoms with E-state index in [2.05, 4.69) is 0 Å². The summed E-state index contributed by atoms with van der Waals surface area (Å²) < 4.78 is 6.65. The Hall–Kier alpha value is -0.270. The van der Waals surface area contributed by atoms with E-state index in [9.17, 15) is 20.1 Å². The summed E-state index contributed by atoms with van der Waals surface area (Å²) in [6.07, 6.45) is 0. The number of benzene rings is 3. The van der Waals surface area contributed by atoms with E-state index in [1.54, 1.807) is 12.1 Å². The third kappa shape index (κ3) is 4.00. The lowest BCUT2D eigenvalue weighted by Crippen LogP contribution is -2.18. The molecule has 3 N–H and O–H groups in total. The van der Waals surface area contributed by atoms with Crippen molar-refractivity contribution < 1.29 is 24.9 Å². The van der Waals surface area contributed by atoms with Gasteiger partial charge in [0.25, 0.3) is 0 Å². The fourth-order valence-electron chi connectivity index (χ4n) is 3.56. The van der Waals surface area contributed by atoms with Crippen LogP contribution in [0.25, 0.3) is 0 Å². The van der Waals surface area contributed by atoms with Gasteiger partial charge in [-0.25, -0.2) is 4.79 Å². The molecule has 3 aromatic carbocycles. The van der Waals surface area contributed by atoms with E-state index in [0.29, 0.717) is 18.3 Å². The highest BCUT2D eigenvalue weighted by Gasteiger charge is 2.40. The largest absolute Gasteiger partial charge is 0.505 e. The molecule has 0 saturated carbocycles. The van der Waals surface area contributed by atoms with E-state index >= 15 is 0 Å². The first-order chi connectivity index (χ1) is 15.4. The van der Waals surface area contributed by atoms with Crippen molar-refractivity contribution in [2.75, 3.05) is 0 Å². The van der Waals surface area contributed by atoms with E-state index in [0.717, 1.165) is 0 Å². The third-order valence-corrected chi connectivity index (χ3v) is 9.15. The maximum atomic E-state index is 12.3. The molecular formula is C20H6Cl6I2O5. The predicted molar refractivity (Wildman–Crippen MR) is 146 cm³/mol. The van der Waals surface area contributed by atoms with Crippen LogP contribution < -0.4 is 4.74 Å². The lowest BCUT2D eigenvalue weighted by Gasteiger charge is -2.32. The van der Waals surface area contributed by atoms with Crippen molar-refractivity contribution in [3.05, 3.63) is 71.7 Å². The van der Waals surface area contributed by atoms with Crippen molar-refractivity contribution in [2.24, 2.45) is 0 Å². The molecule has 0 atom stereocenters. The Morgan fingerprint density at radius 3 is 1.61 bits per heavy atom. The molecule has 0 unspecified atom stereocenters. The first-order valence-electron chi connectivity index (χ1n) is 8.57. The van der Waals surface area contributed by atoms with Gasteiger partial charge in [0.2, 0.25) is 0 Å². The third-order valence-electron chi connectivity index (χ3n) is 4.99. The second-order valence-corrected chi connectivity index (χ2v) is 11.4. The second kappa shape index (κ2) is 9.31. The monoisotopic (exact) mass is 790 g/mol. The smallest absolute Gasteiger partial charge is 0.337 e. The van der Waals surface area contributed by atoms with E-state index in [-0.39, 0.29) is 64.3 Å². The molecule has 172 valence electrons. The highest BCUT2D eigenvalue weighted by molar-refractivity contribution is 14.1. The minimum Gasteiger partial charge on any atom is -0.505 e. The van der Waals surface area contributed by atoms with Crippen LogP contribution in [0, 0.1) is 7.14 Å². The number of carboxylic acid groups (broad SMARTS) is 1. The number of hydrogen-bond donors (Lipinski definition) is 3. The van der Waals surface area contributed by atoms with Gasteiger partial charge in [-0.05, 0) is 57.3 Å². The molecule has 13 heteroatoms. The zero-order valence-corrected chi connectivity index (χ0v) is 24.3. The molecule has 1 aliphatic heterocycles. The maximum Gasteiger partial charge on any atom is 0.337 e. The molecule has 0 radical (unpaired) electrons. The Labute approximate surface area is 243 Å². The average Bonchev–Trinajstić information content (AvgIpc) is 2.76. The number of carboxylic acids is 1. The van der Waals surface area contributed by atoms with Gasteiger partial charge >= 0.3 is 5.97 Å². The molecule has 0 bridgehead atoms. The van der Waals surface area contributed by atoms with E-state index in [4.69, 9.17) is 74.3 Å². The number of aromatic carboxylic acids is 1. The second-order valence-electron chi connectivity index (χ2n) is 6.76. The number of carbonyl (C=O) groups is 1. The Kier molecular flexibility index (Phi) is 7.28. The first kappa shape index (κ1) is 25.8. The molecule has 3 aromatic rings. The zero-order valence-electron chi connectivity index (χ0n) is 15.4. The van der Waals surface area contributed by atoms with E-state index in [1.165, 1.54) is 0 Å². The van der Waals surface area contributed by atoms with Crippen LogP contribution in [0.1, 0.15) is 33.0 Å². The number of phenolic OH excluding ortho intramolecular Hbond substituents is 2. The van der Waals surface area contributed by atoms with Crippen molar-refractivity contribution in [3.8, 4) is 23.0 Å². The Balaban J connectivity index is 2.24. The summed E-state index contributed by atoms with van der Waals surface area (Å²) in [6.45, 7) is 0. The summed E-state index contributed by atoms with van der Waals surface area (Å²) in [4.78, 5) is 12.3. The lowest BCUT2D eigenvalue weighted by molar-refractivity contribution is 0.0695. The molecule has 0 amide bonds. The van der Waals surface area contributed by atoms with Crippen LogP contribution >= 0.6 is 115 Å². The van der Waals surface area contributed by atoms with Crippen molar-refractivity contribution in [2.45, 2.75) is 5.92 Å². The summed E-state index contributed by atoms with van der Waals surface area (Å²) in [5.74, 6) is -2.85. The number of aromatic hydroxyl groups is 2.